The number of benzene rings is 2. The fraction of sp³-hybridized carbons (Fsp3) is 0.0769. The molecule has 2 aromatic carbocycles. The van der Waals surface area contributed by atoms with Crippen LogP contribution in [0.3, 0.4) is 0 Å². The molecule has 0 saturated carbocycles. The van der Waals surface area contributed by atoms with Crippen molar-refractivity contribution in [2.75, 3.05) is 6.26 Å². The molecule has 1 heterocycles. The van der Waals surface area contributed by atoms with E-state index in [0.29, 0.717) is 11.1 Å². The second-order valence-electron chi connectivity index (χ2n) is 3.86. The van der Waals surface area contributed by atoms with E-state index in [0.717, 1.165) is 10.8 Å². The summed E-state index contributed by atoms with van der Waals surface area (Å²) >= 11 is 0. The van der Waals surface area contributed by atoms with Gasteiger partial charge in [-0.3, -0.25) is 9.59 Å². The molecule has 5 heteroatoms. The summed E-state index contributed by atoms with van der Waals surface area (Å²) in [5.41, 5.74) is 1.20. The highest BCUT2D eigenvalue weighted by Crippen LogP contribution is 2.35. The van der Waals surface area contributed by atoms with E-state index in [-0.39, 0.29) is 11.8 Å². The van der Waals surface area contributed by atoms with Crippen LogP contribution in [0.1, 0.15) is 20.7 Å². The highest BCUT2D eigenvalue weighted by atomic mass is 33.1. The Bertz CT molecular complexity index is 618. The van der Waals surface area contributed by atoms with E-state index < -0.39 is 0 Å². The minimum absolute atomic E-state index is 0.233. The molecule has 2 amide bonds. The Morgan fingerprint density at radius 2 is 1.50 bits per heavy atom. The lowest BCUT2D eigenvalue weighted by molar-refractivity contribution is 0.0740. The third-order valence-electron chi connectivity index (χ3n) is 2.88. The van der Waals surface area contributed by atoms with Crippen molar-refractivity contribution in [2.45, 2.75) is 0 Å². The first kappa shape index (κ1) is 11.6. The molecule has 3 rings (SSSR count). The molecule has 2 aromatic rings. The van der Waals surface area contributed by atoms with Crippen LogP contribution in [-0.4, -0.2) is 22.4 Å². The minimum Gasteiger partial charge on any atom is -0.268 e. The summed E-state index contributed by atoms with van der Waals surface area (Å²) in [5, 5.41) is 1.70. The molecular formula is C13H9NO2S2. The lowest BCUT2D eigenvalue weighted by atomic mass is 9.95. The van der Waals surface area contributed by atoms with Gasteiger partial charge >= 0.3 is 0 Å². The number of imide groups is 1. The molecule has 0 aromatic heterocycles. The molecule has 0 unspecified atom stereocenters. The predicted molar refractivity (Wildman–Crippen MR) is 75.6 cm³/mol. The van der Waals surface area contributed by atoms with Crippen LogP contribution in [0, 0.1) is 0 Å². The van der Waals surface area contributed by atoms with Crippen molar-refractivity contribution >= 4 is 44.4 Å². The summed E-state index contributed by atoms with van der Waals surface area (Å²) in [7, 11) is 2.55. The maximum absolute atomic E-state index is 12.3. The Morgan fingerprint density at radius 3 is 2.00 bits per heavy atom. The topological polar surface area (TPSA) is 37.4 Å². The monoisotopic (exact) mass is 275 g/mol. The van der Waals surface area contributed by atoms with Gasteiger partial charge in [0.25, 0.3) is 11.8 Å². The maximum Gasteiger partial charge on any atom is 0.272 e. The summed E-state index contributed by atoms with van der Waals surface area (Å²) in [6.07, 6.45) is 1.84. The minimum atomic E-state index is -0.233. The van der Waals surface area contributed by atoms with Gasteiger partial charge < -0.3 is 0 Å². The van der Waals surface area contributed by atoms with E-state index in [2.05, 4.69) is 0 Å². The lowest BCUT2D eigenvalue weighted by Gasteiger charge is -2.24. The zero-order valence-corrected chi connectivity index (χ0v) is 11.2. The molecule has 18 heavy (non-hydrogen) atoms. The quantitative estimate of drug-likeness (QED) is 0.478. The van der Waals surface area contributed by atoms with Crippen LogP contribution in [0.5, 0.6) is 0 Å². The Balaban J connectivity index is 2.32. The van der Waals surface area contributed by atoms with E-state index in [4.69, 9.17) is 0 Å². The zero-order chi connectivity index (χ0) is 12.7. The average Bonchev–Trinajstić information content (AvgIpc) is 2.40. The summed E-state index contributed by atoms with van der Waals surface area (Å²) in [4.78, 5) is 24.5. The second-order valence-corrected chi connectivity index (χ2v) is 6.15. The van der Waals surface area contributed by atoms with Crippen molar-refractivity contribution in [2.24, 2.45) is 0 Å². The van der Waals surface area contributed by atoms with E-state index >= 15 is 0 Å². The van der Waals surface area contributed by atoms with Crippen LogP contribution >= 0.6 is 21.8 Å². The fourth-order valence-corrected chi connectivity index (χ4v) is 3.49. The van der Waals surface area contributed by atoms with Crippen molar-refractivity contribution in [1.29, 1.82) is 0 Å². The van der Waals surface area contributed by atoms with Crippen LogP contribution < -0.4 is 0 Å². The molecule has 0 saturated heterocycles. The van der Waals surface area contributed by atoms with Gasteiger partial charge in [0.15, 0.2) is 0 Å². The number of hydrogen-bond donors (Lipinski definition) is 0. The summed E-state index contributed by atoms with van der Waals surface area (Å²) in [6.45, 7) is 0. The Kier molecular flexibility index (Phi) is 2.80. The van der Waals surface area contributed by atoms with Crippen LogP contribution in [0.25, 0.3) is 10.8 Å². The molecular weight excluding hydrogens is 266 g/mol. The van der Waals surface area contributed by atoms with Gasteiger partial charge in [-0.25, -0.2) is 4.31 Å². The number of rotatable bonds is 2. The van der Waals surface area contributed by atoms with E-state index in [1.807, 2.05) is 30.5 Å². The average molecular weight is 275 g/mol. The molecule has 0 radical (unpaired) electrons. The van der Waals surface area contributed by atoms with Gasteiger partial charge in [-0.05, 0) is 23.8 Å². The molecule has 1 aliphatic rings. The molecule has 0 aliphatic carbocycles. The van der Waals surface area contributed by atoms with Crippen LogP contribution in [0.2, 0.25) is 0 Å². The third kappa shape index (κ3) is 1.54. The number of hydrogen-bond acceptors (Lipinski definition) is 4. The van der Waals surface area contributed by atoms with Crippen LogP contribution in [-0.2, 0) is 0 Å². The first-order chi connectivity index (χ1) is 8.74. The van der Waals surface area contributed by atoms with E-state index in [1.54, 1.807) is 12.1 Å². The fourth-order valence-electron chi connectivity index (χ4n) is 2.15. The number of nitrogens with zero attached hydrogens (tertiary/aromatic N) is 1. The number of amides is 2. The molecule has 0 atom stereocenters. The Morgan fingerprint density at radius 1 is 0.944 bits per heavy atom. The normalized spacial score (nSPS) is 14.4. The first-order valence-corrected chi connectivity index (χ1v) is 7.87. The summed E-state index contributed by atoms with van der Waals surface area (Å²) < 4.78 is 1.22. The highest BCUT2D eigenvalue weighted by Gasteiger charge is 2.33. The van der Waals surface area contributed by atoms with Gasteiger partial charge in [0, 0.05) is 27.5 Å². The van der Waals surface area contributed by atoms with E-state index in [1.165, 1.54) is 26.1 Å². The maximum atomic E-state index is 12.3. The smallest absolute Gasteiger partial charge is 0.268 e. The predicted octanol–water partition coefficient (Wildman–Crippen LogP) is 3.36. The molecule has 0 bridgehead atoms. The van der Waals surface area contributed by atoms with Gasteiger partial charge in [-0.15, -0.1) is 0 Å². The lowest BCUT2D eigenvalue weighted by Crippen LogP contribution is -2.34. The van der Waals surface area contributed by atoms with Crippen molar-refractivity contribution in [3.63, 3.8) is 0 Å². The Hall–Kier alpha value is -1.46. The number of carbonyl (C=O) groups excluding carboxylic acids is 2. The number of carbonyl (C=O) groups is 2. The second kappa shape index (κ2) is 4.33. The van der Waals surface area contributed by atoms with E-state index in [9.17, 15) is 9.59 Å². The highest BCUT2D eigenvalue weighted by molar-refractivity contribution is 8.75. The first-order valence-electron chi connectivity index (χ1n) is 5.35. The van der Waals surface area contributed by atoms with Crippen molar-refractivity contribution in [3.8, 4) is 0 Å². The van der Waals surface area contributed by atoms with Crippen LogP contribution in [0.4, 0.5) is 0 Å². The third-order valence-corrected chi connectivity index (χ3v) is 4.41. The summed E-state index contributed by atoms with van der Waals surface area (Å²) in [5.74, 6) is -0.465. The largest absolute Gasteiger partial charge is 0.272 e. The van der Waals surface area contributed by atoms with Gasteiger partial charge in [0.2, 0.25) is 0 Å². The zero-order valence-electron chi connectivity index (χ0n) is 9.54. The molecule has 0 N–H and O–H groups in total. The standard InChI is InChI=1S/C13H9NO2S2/c1-17-18-14-12(15)9-6-2-4-8-5-3-7-10(11(8)9)13(14)16/h2-7H,1H3. The molecule has 0 spiro atoms. The van der Waals surface area contributed by atoms with Crippen molar-refractivity contribution in [3.05, 3.63) is 47.5 Å². The molecule has 3 nitrogen and oxygen atoms in total. The SMILES string of the molecule is CSSN1C(=O)c2cccc3cccc(c23)C1=O. The molecule has 0 fully saturated rings. The van der Waals surface area contributed by atoms with Gasteiger partial charge in [0.05, 0.1) is 0 Å². The molecule has 90 valence electrons. The van der Waals surface area contributed by atoms with Gasteiger partial charge in [-0.2, -0.15) is 0 Å². The van der Waals surface area contributed by atoms with Gasteiger partial charge in [0.1, 0.15) is 0 Å². The molecule has 1 aliphatic heterocycles. The van der Waals surface area contributed by atoms with Crippen molar-refractivity contribution < 1.29 is 9.59 Å². The Labute approximate surface area is 112 Å². The van der Waals surface area contributed by atoms with Crippen molar-refractivity contribution in [1.82, 2.24) is 4.31 Å². The summed E-state index contributed by atoms with van der Waals surface area (Å²) in [6, 6.07) is 11.1. The van der Waals surface area contributed by atoms with Crippen LogP contribution in [0.15, 0.2) is 36.4 Å². The van der Waals surface area contributed by atoms with Gasteiger partial charge in [-0.1, -0.05) is 35.1 Å².